The van der Waals surface area contributed by atoms with Gasteiger partial charge in [-0.05, 0) is 43.0 Å². The zero-order valence-electron chi connectivity index (χ0n) is 18.4. The molecule has 3 N–H and O–H groups in total. The van der Waals surface area contributed by atoms with Crippen LogP contribution in [-0.4, -0.2) is 38.1 Å². The van der Waals surface area contributed by atoms with Crippen molar-refractivity contribution in [3.05, 3.63) is 65.2 Å². The van der Waals surface area contributed by atoms with Crippen LogP contribution in [0.25, 0.3) is 0 Å². The Morgan fingerprint density at radius 2 is 1.73 bits per heavy atom. The molecule has 2 aromatic rings. The Bertz CT molecular complexity index is 879. The van der Waals surface area contributed by atoms with Crippen molar-refractivity contribution in [2.24, 2.45) is 0 Å². The number of carbonyl (C=O) groups excluding carboxylic acids is 1. The topological polar surface area (TPSA) is 61.8 Å². The summed E-state index contributed by atoms with van der Waals surface area (Å²) in [5, 5.41) is 12.1. The quantitative estimate of drug-likeness (QED) is 0.651. The molecule has 0 aromatic heterocycles. The summed E-state index contributed by atoms with van der Waals surface area (Å²) < 4.78 is 0. The minimum absolute atomic E-state index is 0.0635. The molecule has 2 atom stereocenters. The molecule has 0 spiro atoms. The van der Waals surface area contributed by atoms with E-state index < -0.39 is 0 Å². The van der Waals surface area contributed by atoms with Crippen LogP contribution in [0.15, 0.2) is 48.5 Å². The van der Waals surface area contributed by atoms with E-state index in [-0.39, 0.29) is 11.9 Å². The Balaban J connectivity index is 1.53. The van der Waals surface area contributed by atoms with E-state index in [1.165, 1.54) is 20.9 Å². The second-order valence-corrected chi connectivity index (χ2v) is 8.50. The van der Waals surface area contributed by atoms with Crippen LogP contribution in [0.4, 0.5) is 5.69 Å². The number of rotatable bonds is 7. The lowest BCUT2D eigenvalue weighted by Crippen LogP contribution is -3.29. The first-order valence-electron chi connectivity index (χ1n) is 11.1. The van der Waals surface area contributed by atoms with Gasteiger partial charge < -0.3 is 15.1 Å². The SMILES string of the molecule is CC[C@@H](C)c1ccccc1NC(=O)[C@H](C)[NH+]1CC[NH+](Cc2ccc(C#N)cc2)CC1. The van der Waals surface area contributed by atoms with Crippen molar-refractivity contribution in [3.8, 4) is 6.07 Å². The molecule has 0 saturated carbocycles. The number of anilines is 1. The highest BCUT2D eigenvalue weighted by Crippen LogP contribution is 2.26. The van der Waals surface area contributed by atoms with Crippen molar-refractivity contribution in [2.75, 3.05) is 31.5 Å². The first kappa shape index (κ1) is 22.0. The van der Waals surface area contributed by atoms with E-state index in [1.807, 2.05) is 37.3 Å². The van der Waals surface area contributed by atoms with E-state index in [1.54, 1.807) is 0 Å². The molecule has 5 heteroatoms. The van der Waals surface area contributed by atoms with E-state index in [2.05, 4.69) is 43.4 Å². The molecule has 1 saturated heterocycles. The molecule has 0 bridgehead atoms. The molecular weight excluding hydrogens is 372 g/mol. The third-order valence-corrected chi connectivity index (χ3v) is 6.50. The van der Waals surface area contributed by atoms with Gasteiger partial charge in [-0.2, -0.15) is 5.26 Å². The fourth-order valence-corrected chi connectivity index (χ4v) is 4.21. The minimum Gasteiger partial charge on any atom is -0.322 e. The number of amides is 1. The highest BCUT2D eigenvalue weighted by atomic mass is 16.2. The van der Waals surface area contributed by atoms with E-state index >= 15 is 0 Å². The molecule has 1 heterocycles. The highest BCUT2D eigenvalue weighted by Gasteiger charge is 2.31. The van der Waals surface area contributed by atoms with Gasteiger partial charge in [-0.1, -0.05) is 44.2 Å². The van der Waals surface area contributed by atoms with Crippen molar-refractivity contribution in [3.63, 3.8) is 0 Å². The van der Waals surface area contributed by atoms with Crippen LogP contribution in [0.2, 0.25) is 0 Å². The van der Waals surface area contributed by atoms with Gasteiger partial charge in [0.05, 0.1) is 11.6 Å². The Kier molecular flexibility index (Phi) is 7.62. The van der Waals surface area contributed by atoms with Crippen molar-refractivity contribution in [1.82, 2.24) is 0 Å². The van der Waals surface area contributed by atoms with Crippen LogP contribution in [-0.2, 0) is 11.3 Å². The minimum atomic E-state index is -0.0635. The molecule has 0 radical (unpaired) electrons. The number of nitrogens with zero attached hydrogens (tertiary/aromatic N) is 1. The van der Waals surface area contributed by atoms with Gasteiger partial charge in [-0.3, -0.25) is 4.79 Å². The summed E-state index contributed by atoms with van der Waals surface area (Å²) in [4.78, 5) is 15.8. The van der Waals surface area contributed by atoms with Crippen molar-refractivity contribution < 1.29 is 14.6 Å². The number of carbonyl (C=O) groups is 1. The largest absolute Gasteiger partial charge is 0.322 e. The summed E-state index contributed by atoms with van der Waals surface area (Å²) in [6.07, 6.45) is 1.05. The average Bonchev–Trinajstić information content (AvgIpc) is 2.79. The van der Waals surface area contributed by atoms with E-state index in [0.717, 1.165) is 44.8 Å². The molecule has 5 nitrogen and oxygen atoms in total. The number of nitriles is 1. The van der Waals surface area contributed by atoms with Gasteiger partial charge in [0.1, 0.15) is 32.7 Å². The van der Waals surface area contributed by atoms with E-state index in [4.69, 9.17) is 5.26 Å². The first-order chi connectivity index (χ1) is 14.5. The third kappa shape index (κ3) is 5.47. The second-order valence-electron chi connectivity index (χ2n) is 8.50. The summed E-state index contributed by atoms with van der Waals surface area (Å²) in [5.41, 5.74) is 4.14. The zero-order valence-corrected chi connectivity index (χ0v) is 18.4. The summed E-state index contributed by atoms with van der Waals surface area (Å²) in [6, 6.07) is 18.2. The van der Waals surface area contributed by atoms with Gasteiger partial charge in [0, 0.05) is 11.3 Å². The number of nitrogens with one attached hydrogen (secondary N) is 3. The van der Waals surface area contributed by atoms with Crippen LogP contribution in [0, 0.1) is 11.3 Å². The number of benzene rings is 2. The maximum absolute atomic E-state index is 12.9. The Hall–Kier alpha value is -2.68. The molecule has 1 amide bonds. The standard InChI is InChI=1S/C25H32N4O/c1-4-19(2)23-7-5-6-8-24(23)27-25(30)20(3)29-15-13-28(14-16-29)18-22-11-9-21(17-26)10-12-22/h5-12,19-20H,4,13-16,18H2,1-3H3,(H,27,30)/p+2/t19-,20+/m1/s1. The van der Waals surface area contributed by atoms with E-state index in [0.29, 0.717) is 11.5 Å². The summed E-state index contributed by atoms with van der Waals surface area (Å²) >= 11 is 0. The molecule has 0 unspecified atom stereocenters. The fraction of sp³-hybridized carbons (Fsp3) is 0.440. The maximum atomic E-state index is 12.9. The summed E-state index contributed by atoms with van der Waals surface area (Å²) in [5.74, 6) is 0.537. The molecule has 0 aliphatic carbocycles. The van der Waals surface area contributed by atoms with E-state index in [9.17, 15) is 4.79 Å². The number of quaternary nitrogens is 2. The molecule has 1 aliphatic heterocycles. The number of piperazine rings is 1. The normalized spacial score (nSPS) is 20.7. The van der Waals surface area contributed by atoms with Crippen LogP contribution >= 0.6 is 0 Å². The molecule has 1 fully saturated rings. The van der Waals surface area contributed by atoms with Crippen molar-refractivity contribution in [2.45, 2.75) is 45.7 Å². The molecule has 1 aliphatic rings. The predicted molar refractivity (Wildman–Crippen MR) is 119 cm³/mol. The smallest absolute Gasteiger partial charge is 0.282 e. The highest BCUT2D eigenvalue weighted by molar-refractivity contribution is 5.94. The Morgan fingerprint density at radius 3 is 2.37 bits per heavy atom. The lowest BCUT2D eigenvalue weighted by Gasteiger charge is -2.32. The van der Waals surface area contributed by atoms with Gasteiger partial charge in [0.15, 0.2) is 6.04 Å². The summed E-state index contributed by atoms with van der Waals surface area (Å²) in [6.45, 7) is 11.5. The lowest BCUT2D eigenvalue weighted by molar-refractivity contribution is -1.02. The van der Waals surface area contributed by atoms with Crippen LogP contribution < -0.4 is 15.1 Å². The number of hydrogen-bond acceptors (Lipinski definition) is 2. The third-order valence-electron chi connectivity index (χ3n) is 6.50. The Morgan fingerprint density at radius 1 is 1.07 bits per heavy atom. The molecular formula is C25H34N4O+2. The van der Waals surface area contributed by atoms with Crippen molar-refractivity contribution >= 4 is 11.6 Å². The van der Waals surface area contributed by atoms with Gasteiger partial charge in [-0.15, -0.1) is 0 Å². The lowest BCUT2D eigenvalue weighted by atomic mass is 9.97. The summed E-state index contributed by atoms with van der Waals surface area (Å²) in [7, 11) is 0. The number of hydrogen-bond donors (Lipinski definition) is 3. The number of para-hydroxylation sites is 1. The molecule has 2 aromatic carbocycles. The van der Waals surface area contributed by atoms with Crippen LogP contribution in [0.3, 0.4) is 0 Å². The predicted octanol–water partition coefficient (Wildman–Crippen LogP) is 1.38. The van der Waals surface area contributed by atoms with Gasteiger partial charge in [0.25, 0.3) is 5.91 Å². The second kappa shape index (κ2) is 10.4. The van der Waals surface area contributed by atoms with Gasteiger partial charge in [-0.25, -0.2) is 0 Å². The van der Waals surface area contributed by atoms with Gasteiger partial charge in [0.2, 0.25) is 0 Å². The van der Waals surface area contributed by atoms with Crippen LogP contribution in [0.5, 0.6) is 0 Å². The first-order valence-corrected chi connectivity index (χ1v) is 11.1. The molecule has 30 heavy (non-hydrogen) atoms. The molecule has 158 valence electrons. The monoisotopic (exact) mass is 406 g/mol. The zero-order chi connectivity index (χ0) is 21.5. The Labute approximate surface area is 180 Å². The van der Waals surface area contributed by atoms with Crippen LogP contribution in [0.1, 0.15) is 49.8 Å². The average molecular weight is 407 g/mol. The van der Waals surface area contributed by atoms with Gasteiger partial charge >= 0.3 is 0 Å². The maximum Gasteiger partial charge on any atom is 0.282 e. The fourth-order valence-electron chi connectivity index (χ4n) is 4.21. The molecule has 3 rings (SSSR count). The van der Waals surface area contributed by atoms with Crippen molar-refractivity contribution in [1.29, 1.82) is 5.26 Å².